The first-order valence-corrected chi connectivity index (χ1v) is 44.5. The zero-order chi connectivity index (χ0) is 96.5. The van der Waals surface area contributed by atoms with Crippen LogP contribution in [-0.4, -0.2) is 112 Å². The average Bonchev–Trinajstić information content (AvgIpc) is 1.64. The van der Waals surface area contributed by atoms with Gasteiger partial charge in [-0.3, -0.25) is 53.8 Å². The molecule has 8 heterocycles. The van der Waals surface area contributed by atoms with Gasteiger partial charge in [0.2, 0.25) is 0 Å². The Bertz CT molecular complexity index is 7150. The Morgan fingerprint density at radius 1 is 0.470 bits per heavy atom. The third-order valence-electron chi connectivity index (χ3n) is 20.7. The predicted octanol–water partition coefficient (Wildman–Crippen LogP) is 21.5. The molecule has 12 aromatic carbocycles. The zero-order valence-corrected chi connectivity index (χ0v) is 80.1. The Morgan fingerprint density at radius 2 is 0.851 bits per heavy atom. The molecule has 0 atom stereocenters. The second kappa shape index (κ2) is 49.4. The van der Waals surface area contributed by atoms with E-state index in [1.165, 1.54) is 60.4 Å². The lowest BCUT2D eigenvalue weighted by molar-refractivity contribution is 0.108. The number of rotatable bonds is 11. The van der Waals surface area contributed by atoms with Gasteiger partial charge in [0.1, 0.15) is 30.2 Å². The van der Waals surface area contributed by atoms with Crippen molar-refractivity contribution in [3.8, 4) is 39.5 Å². The van der Waals surface area contributed by atoms with E-state index in [1.54, 1.807) is 85.5 Å². The quantitative estimate of drug-likeness (QED) is 0.0248. The van der Waals surface area contributed by atoms with E-state index in [0.29, 0.717) is 41.2 Å². The molecule has 14 N–H and O–H groups in total. The molecular weight excluding hydrogens is 1930 g/mol. The number of halogens is 4. The number of H-pyrrole nitrogens is 3. The predicted molar refractivity (Wildman–Crippen MR) is 558 cm³/mol. The summed E-state index contributed by atoms with van der Waals surface area (Å²) in [5.41, 5.74) is 42.4. The van der Waals surface area contributed by atoms with Gasteiger partial charge < -0.3 is 42.6 Å². The number of hydrogen-bond donors (Lipinski definition) is 11. The van der Waals surface area contributed by atoms with Crippen LogP contribution in [0.25, 0.3) is 99.2 Å². The minimum Gasteiger partial charge on any atom is -0.423 e. The van der Waals surface area contributed by atoms with Gasteiger partial charge in [-0.25, -0.2) is 9.59 Å². The van der Waals surface area contributed by atoms with Crippen LogP contribution in [0.4, 0.5) is 36.7 Å². The molecule has 0 aliphatic rings. The molecule has 8 aromatic heterocycles. The van der Waals surface area contributed by atoms with E-state index in [-0.39, 0.29) is 6.03 Å². The number of para-hydroxylation sites is 7. The van der Waals surface area contributed by atoms with E-state index in [1.807, 2.05) is 187 Å². The van der Waals surface area contributed by atoms with Crippen molar-refractivity contribution in [3.63, 3.8) is 0 Å². The number of anilines is 4. The first kappa shape index (κ1) is 98.2. The van der Waals surface area contributed by atoms with E-state index in [4.69, 9.17) is 45.0 Å². The number of alkyl halides is 1. The van der Waals surface area contributed by atoms with Crippen LogP contribution in [0.2, 0.25) is 0 Å². The van der Waals surface area contributed by atoms with E-state index >= 15 is 0 Å². The van der Waals surface area contributed by atoms with Crippen LogP contribution in [0, 0.1) is 48.9 Å². The van der Waals surface area contributed by atoms with Crippen molar-refractivity contribution in [2.24, 2.45) is 26.9 Å². The monoisotopic (exact) mass is 2030 g/mol. The second-order valence-corrected chi connectivity index (χ2v) is 32.8. The van der Waals surface area contributed by atoms with Gasteiger partial charge in [0.05, 0.1) is 47.8 Å². The van der Waals surface area contributed by atoms with Crippen LogP contribution in [0.3, 0.4) is 0 Å². The minimum atomic E-state index is -1.40. The van der Waals surface area contributed by atoms with E-state index in [2.05, 4.69) is 243 Å². The van der Waals surface area contributed by atoms with Gasteiger partial charge in [0, 0.05) is 136 Å². The van der Waals surface area contributed by atoms with Crippen LogP contribution in [0.1, 0.15) is 56.2 Å². The number of carbonyl (C=O) groups excluding carboxylic acids is 3. The maximum absolute atomic E-state index is 12.1. The number of nitrogens with two attached hydrogens (primary N) is 3. The molecule has 134 heavy (non-hydrogen) atoms. The fourth-order valence-corrected chi connectivity index (χ4v) is 15.3. The van der Waals surface area contributed by atoms with Crippen LogP contribution in [0.5, 0.6) is 5.75 Å². The lowest BCUT2D eigenvalue weighted by Crippen LogP contribution is -2.29. The lowest BCUT2D eigenvalue weighted by atomic mass is 9.80. The highest BCUT2D eigenvalue weighted by Crippen LogP contribution is 2.34. The number of aromatic nitrogens is 14. The number of aryl methyl sites for hydroxylation is 9. The molecule has 0 bridgehead atoms. The molecule has 680 valence electrons. The van der Waals surface area contributed by atoms with Gasteiger partial charge in [-0.1, -0.05) is 206 Å². The molecule has 0 unspecified atom stereocenters. The molecule has 0 radical (unpaired) electrons. The van der Waals surface area contributed by atoms with Gasteiger partial charge in [-0.05, 0) is 233 Å². The molecule has 26 nitrogen and oxygen atoms in total. The molecule has 0 fully saturated rings. The fourth-order valence-electron chi connectivity index (χ4n) is 14.1. The first-order chi connectivity index (χ1) is 65.2. The van der Waals surface area contributed by atoms with Gasteiger partial charge >= 0.3 is 19.2 Å². The number of pyridine rings is 2. The third kappa shape index (κ3) is 27.4. The minimum absolute atomic E-state index is 0.247. The SMILES string of the molecule is Cc1cccc2c(-c3ccc(N)cc3)nn(C)c12.Cc1cccc2c(-c3ccc(NC(=O)NCc4ccncc4)cc3)nn(C)c12.Cc1cccc2c(-c3ccc(NC(=O)Oc4ccccc4)cc3)nn(C)c12.Cc1cccc2c(I)[nH]nc12.Cc1cccc2c(I)[nH]nc12.Cc1cccc2cn[nH]c12.NCc1ccncc1.Nc1ccc(B(O)O)cc1.O=C(Cl)c1ccccc1.[2H]CF. The highest BCUT2D eigenvalue weighted by Gasteiger charge is 2.18. The Balaban J connectivity index is 0.000000151. The summed E-state index contributed by atoms with van der Waals surface area (Å²) < 4.78 is 28.7. The van der Waals surface area contributed by atoms with Crippen LogP contribution < -0.4 is 43.4 Å². The molecule has 0 saturated carbocycles. The molecular formula is C103H101BClFI2N20O6. The summed E-state index contributed by atoms with van der Waals surface area (Å²) in [6, 6.07) is 91.8. The van der Waals surface area contributed by atoms with Crippen LogP contribution in [-0.2, 0) is 34.2 Å². The molecule has 20 rings (SSSR count). The molecule has 31 heteroatoms. The maximum atomic E-state index is 12.1. The van der Waals surface area contributed by atoms with Crippen molar-refractivity contribution < 1.29 is 34.9 Å². The van der Waals surface area contributed by atoms with E-state index < -0.39 is 25.6 Å². The van der Waals surface area contributed by atoms with Crippen LogP contribution in [0.15, 0.2) is 322 Å². The van der Waals surface area contributed by atoms with Crippen molar-refractivity contribution in [1.29, 1.82) is 0 Å². The summed E-state index contributed by atoms with van der Waals surface area (Å²) in [5, 5.41) is 67.4. The number of aromatic amines is 3. The molecule has 3 amide bonds. The Kier molecular flexibility index (Phi) is 36.2. The Morgan fingerprint density at radius 3 is 1.25 bits per heavy atom. The zero-order valence-electron chi connectivity index (χ0n) is 76.0. The van der Waals surface area contributed by atoms with E-state index in [0.717, 1.165) is 102 Å². The average molecular weight is 2040 g/mol. The molecule has 0 aliphatic carbocycles. The normalized spacial score (nSPS) is 10.4. The largest absolute Gasteiger partial charge is 0.488 e. The summed E-state index contributed by atoms with van der Waals surface area (Å²) in [5.74, 6) is 0.502. The number of nitrogens with zero attached hydrogens (tertiary/aromatic N) is 11. The number of nitrogens with one attached hydrogen (secondary N) is 6. The first-order valence-electron chi connectivity index (χ1n) is 42.7. The Labute approximate surface area is 808 Å². The van der Waals surface area contributed by atoms with Gasteiger partial charge in [0.15, 0.2) is 0 Å². The highest BCUT2D eigenvalue weighted by molar-refractivity contribution is 14.1. The summed E-state index contributed by atoms with van der Waals surface area (Å²) in [6.45, 7) is 13.5. The Hall–Kier alpha value is -14.8. The van der Waals surface area contributed by atoms with Crippen molar-refractivity contribution in [1.82, 2.24) is 75.2 Å². The summed E-state index contributed by atoms with van der Waals surface area (Å²) in [4.78, 5) is 42.3. The number of hydrogen-bond acceptors (Lipinski definition) is 17. The maximum Gasteiger partial charge on any atom is 0.488 e. The molecule has 20 aromatic rings. The summed E-state index contributed by atoms with van der Waals surface area (Å²) in [7, 11) is 3.49. The van der Waals surface area contributed by atoms with Gasteiger partial charge in [-0.2, -0.15) is 30.6 Å². The topological polar surface area (TPSA) is 380 Å². The smallest absolute Gasteiger partial charge is 0.423 e. The van der Waals surface area contributed by atoms with Crippen molar-refractivity contribution >= 4 is 175 Å². The standard InChI is InChI=1S/C22H21N5O.C22H19N3O2.C15H15N3.2C8H7IN2.C8H8N2.C7H5ClO.C6H8BNO2.C6H8N2.CH3F/c1-15-4-3-5-19-20(26-27(2)21(15)19)17-6-8-18(9-7-17)25-22(28)24-14-16-10-12-23-13-11-16;1-15-7-6-10-19-20(24-25(2)21(15)19)16-11-13-17(14-12-16)23-22(26)27-18-8-4-3-5-9-18;1-10-4-3-5-13-14(17-18(2)15(10)13)11-6-8-12(16)9-7-11;2*1-5-3-2-4-6-7(5)10-11-8(6)9;1-6-3-2-4-7-5-9-10-8(6)7;8-7(9)6-4-2-1-3-5-6;8-6-3-1-5(2-4-6)7(9)10;7-5-6-1-3-8-4-2-6;1-2/h3-13H,14H2,1-2H3,(H2,24,25,28);3-14H,1-2H3,(H,23,26);3-9H,16H2,1-2H3;2*2-4H,1H3,(H,10,11);2-5H,1H3,(H,9,10);1-5H;1-4,9-10H,8H2;1-4H,5,7H2;1H3/i;;;;;;;;;1D. The van der Waals surface area contributed by atoms with Gasteiger partial charge in [-0.15, -0.1) is 0 Å². The lowest BCUT2D eigenvalue weighted by Gasteiger charge is -2.08. The molecule has 0 aliphatic heterocycles. The molecule has 0 saturated heterocycles. The second-order valence-electron chi connectivity index (χ2n) is 30.3. The summed E-state index contributed by atoms with van der Waals surface area (Å²) >= 11 is 9.67. The van der Waals surface area contributed by atoms with Crippen LogP contribution >= 0.6 is 56.8 Å². The number of carbonyl (C=O) groups is 3. The van der Waals surface area contributed by atoms with Gasteiger partial charge in [0.25, 0.3) is 5.24 Å². The number of ether oxygens (including phenoxy) is 1. The fraction of sp³-hybridized carbons (Fsp3) is 0.117. The third-order valence-corrected chi connectivity index (χ3v) is 22.6. The number of nitrogen functional groups attached to an aromatic ring is 2. The highest BCUT2D eigenvalue weighted by atomic mass is 127. The number of fused-ring (bicyclic) bond motifs is 6. The number of amides is 3. The van der Waals surface area contributed by atoms with Crippen molar-refractivity contribution in [3.05, 3.63) is 380 Å². The van der Waals surface area contributed by atoms with E-state index in [9.17, 15) is 18.8 Å². The van der Waals surface area contributed by atoms with Crippen molar-refractivity contribution in [2.75, 3.05) is 29.3 Å². The number of urea groups is 1. The molecule has 0 spiro atoms. The van der Waals surface area contributed by atoms with Crippen molar-refractivity contribution in [2.45, 2.75) is 54.6 Å². The number of benzene rings is 12. The summed E-state index contributed by atoms with van der Waals surface area (Å²) in [6.07, 6.45) is 8.20.